The van der Waals surface area contributed by atoms with Crippen LogP contribution < -0.4 is 0 Å². The highest BCUT2D eigenvalue weighted by molar-refractivity contribution is 7.47. The summed E-state index contributed by atoms with van der Waals surface area (Å²) >= 11 is 0. The van der Waals surface area contributed by atoms with E-state index in [1.165, 1.54) is 6.92 Å². The molecule has 0 saturated carbocycles. The van der Waals surface area contributed by atoms with Crippen molar-refractivity contribution in [2.45, 2.75) is 78.2 Å². The lowest BCUT2D eigenvalue weighted by atomic mass is 10.3. The van der Waals surface area contributed by atoms with Crippen LogP contribution >= 0.6 is 15.6 Å². The Balaban J connectivity index is 4.93. The number of rotatable bonds is 20. The van der Waals surface area contributed by atoms with Crippen LogP contribution in [0.3, 0.4) is 0 Å². The Morgan fingerprint density at radius 1 is 0.636 bits per heavy atom. The molecule has 0 aliphatic carbocycles. The molecule has 15 heteroatoms. The molecular weight excluding hydrogens is 486 g/mol. The van der Waals surface area contributed by atoms with Crippen molar-refractivity contribution in [3.8, 4) is 0 Å². The SMILES string of the molecule is CC(C)OC[C@H](COP(=O)(O)OC[C@H](COP(=O)(O)OC(C)C)O[C@@H](C)CO)O[C@@H](C)CO. The molecule has 0 radical (unpaired) electrons. The van der Waals surface area contributed by atoms with Gasteiger partial charge in [-0.05, 0) is 41.5 Å². The average Bonchev–Trinajstić information content (AvgIpc) is 2.70. The molecule has 6 atom stereocenters. The summed E-state index contributed by atoms with van der Waals surface area (Å²) < 4.78 is 60.1. The predicted octanol–water partition coefficient (Wildman–Crippen LogP) is 1.62. The Hall–Kier alpha value is 0.0200. The first-order valence-electron chi connectivity index (χ1n) is 10.6. The van der Waals surface area contributed by atoms with Crippen LogP contribution in [0, 0.1) is 0 Å². The third-order valence-electron chi connectivity index (χ3n) is 3.59. The van der Waals surface area contributed by atoms with Gasteiger partial charge < -0.3 is 34.2 Å². The lowest BCUT2D eigenvalue weighted by Gasteiger charge is -2.25. The molecule has 0 saturated heterocycles. The second kappa shape index (κ2) is 16.6. The van der Waals surface area contributed by atoms with Gasteiger partial charge >= 0.3 is 15.6 Å². The lowest BCUT2D eigenvalue weighted by molar-refractivity contribution is -0.0966. The van der Waals surface area contributed by atoms with Crippen LogP contribution in [0.2, 0.25) is 0 Å². The number of aliphatic hydroxyl groups is 2. The molecule has 0 spiro atoms. The summed E-state index contributed by atoms with van der Waals surface area (Å²) in [6.07, 6.45) is -3.81. The Morgan fingerprint density at radius 3 is 1.39 bits per heavy atom. The summed E-state index contributed by atoms with van der Waals surface area (Å²) in [6.45, 7) is 7.81. The molecule has 0 aromatic heterocycles. The van der Waals surface area contributed by atoms with Gasteiger partial charge in [-0.3, -0.25) is 18.1 Å². The first kappa shape index (κ1) is 33.0. The van der Waals surface area contributed by atoms with E-state index in [0.717, 1.165) is 0 Å². The molecule has 0 amide bonds. The zero-order chi connectivity index (χ0) is 25.7. The number of phosphoric ester groups is 2. The lowest BCUT2D eigenvalue weighted by Crippen LogP contribution is -2.32. The zero-order valence-corrected chi connectivity index (χ0v) is 21.9. The molecule has 0 rings (SSSR count). The third kappa shape index (κ3) is 18.0. The molecule has 2 unspecified atom stereocenters. The van der Waals surface area contributed by atoms with Gasteiger partial charge in [0.15, 0.2) is 0 Å². The average molecular weight is 526 g/mol. The Labute approximate surface area is 195 Å². The van der Waals surface area contributed by atoms with Gasteiger partial charge in [0.25, 0.3) is 0 Å². The molecule has 0 aliphatic heterocycles. The van der Waals surface area contributed by atoms with Crippen molar-refractivity contribution in [2.75, 3.05) is 39.6 Å². The summed E-state index contributed by atoms with van der Waals surface area (Å²) in [5, 5.41) is 18.3. The molecule has 13 nitrogen and oxygen atoms in total. The molecule has 0 aromatic carbocycles. The van der Waals surface area contributed by atoms with Crippen LogP contribution in [0.25, 0.3) is 0 Å². The molecule has 33 heavy (non-hydrogen) atoms. The standard InChI is InChI=1S/C18H40O13P2/c1-13(2)25-9-17(29-15(5)7-19)10-26-32(21,22)27-11-18(30-16(6)8-20)12-28-33(23,24)31-14(3)4/h13-20H,7-12H2,1-6H3,(H,21,22)(H,23,24)/t15-,16-,17+,18+/m0/s1. The van der Waals surface area contributed by atoms with Crippen molar-refractivity contribution in [2.24, 2.45) is 0 Å². The van der Waals surface area contributed by atoms with E-state index in [9.17, 15) is 24.0 Å². The Bertz CT molecular complexity index is 604. The van der Waals surface area contributed by atoms with E-state index in [0.29, 0.717) is 0 Å². The number of hydrogen-bond donors (Lipinski definition) is 4. The van der Waals surface area contributed by atoms with Gasteiger partial charge in [-0.15, -0.1) is 0 Å². The maximum Gasteiger partial charge on any atom is 0.472 e. The van der Waals surface area contributed by atoms with Crippen LogP contribution in [0.4, 0.5) is 0 Å². The second-order valence-electron chi connectivity index (χ2n) is 7.86. The number of ether oxygens (including phenoxy) is 3. The summed E-state index contributed by atoms with van der Waals surface area (Å²) in [6, 6.07) is 0. The van der Waals surface area contributed by atoms with Crippen LogP contribution in [0.15, 0.2) is 0 Å². The molecule has 200 valence electrons. The van der Waals surface area contributed by atoms with Crippen molar-refractivity contribution in [1.29, 1.82) is 0 Å². The number of phosphoric acid groups is 2. The highest BCUT2D eigenvalue weighted by Crippen LogP contribution is 2.46. The zero-order valence-electron chi connectivity index (χ0n) is 20.1. The van der Waals surface area contributed by atoms with Gasteiger partial charge in [-0.2, -0.15) is 0 Å². The first-order valence-corrected chi connectivity index (χ1v) is 13.6. The van der Waals surface area contributed by atoms with E-state index in [-0.39, 0.29) is 32.5 Å². The minimum absolute atomic E-state index is 0.0528. The molecule has 0 heterocycles. The molecule has 0 bridgehead atoms. The topological polar surface area (TPSA) is 180 Å². The fraction of sp³-hybridized carbons (Fsp3) is 1.00. The number of aliphatic hydroxyl groups excluding tert-OH is 2. The summed E-state index contributed by atoms with van der Waals surface area (Å²) in [4.78, 5) is 19.7. The normalized spacial score (nSPS) is 19.8. The fourth-order valence-corrected chi connectivity index (χ4v) is 3.89. The van der Waals surface area contributed by atoms with Crippen molar-refractivity contribution < 1.29 is 61.4 Å². The predicted molar refractivity (Wildman–Crippen MR) is 118 cm³/mol. The van der Waals surface area contributed by atoms with E-state index >= 15 is 0 Å². The second-order valence-corrected chi connectivity index (χ2v) is 10.7. The van der Waals surface area contributed by atoms with Gasteiger partial charge in [-0.25, -0.2) is 9.13 Å². The fourth-order valence-electron chi connectivity index (χ4n) is 2.16. The minimum Gasteiger partial charge on any atom is -0.394 e. The first-order chi connectivity index (χ1) is 15.2. The number of hydrogen-bond acceptors (Lipinski definition) is 11. The monoisotopic (exact) mass is 526 g/mol. The van der Waals surface area contributed by atoms with E-state index in [2.05, 4.69) is 0 Å². The van der Waals surface area contributed by atoms with Crippen LogP contribution in [-0.2, 0) is 41.4 Å². The van der Waals surface area contributed by atoms with Crippen LogP contribution in [0.1, 0.15) is 41.5 Å². The molecule has 4 N–H and O–H groups in total. The maximum absolute atomic E-state index is 12.3. The smallest absolute Gasteiger partial charge is 0.394 e. The Kier molecular flexibility index (Phi) is 16.7. The van der Waals surface area contributed by atoms with Crippen molar-refractivity contribution in [3.05, 3.63) is 0 Å². The summed E-state index contributed by atoms with van der Waals surface area (Å²) in [7, 11) is -8.99. The van der Waals surface area contributed by atoms with Crippen molar-refractivity contribution in [3.63, 3.8) is 0 Å². The van der Waals surface area contributed by atoms with Crippen molar-refractivity contribution in [1.82, 2.24) is 0 Å². The van der Waals surface area contributed by atoms with Gasteiger partial charge in [0.2, 0.25) is 0 Å². The molecular formula is C18H40O13P2. The van der Waals surface area contributed by atoms with Crippen molar-refractivity contribution >= 4 is 15.6 Å². The maximum atomic E-state index is 12.3. The molecule has 0 fully saturated rings. The van der Waals surface area contributed by atoms with E-state index < -0.39 is 59.4 Å². The highest BCUT2D eigenvalue weighted by Gasteiger charge is 2.30. The van der Waals surface area contributed by atoms with Gasteiger partial charge in [-0.1, -0.05) is 0 Å². The van der Waals surface area contributed by atoms with E-state index in [4.69, 9.17) is 37.4 Å². The Morgan fingerprint density at radius 2 is 1.03 bits per heavy atom. The molecule has 0 aromatic rings. The summed E-state index contributed by atoms with van der Waals surface area (Å²) in [5.74, 6) is 0. The van der Waals surface area contributed by atoms with Crippen LogP contribution in [0.5, 0.6) is 0 Å². The third-order valence-corrected chi connectivity index (χ3v) is 5.71. The van der Waals surface area contributed by atoms with Gasteiger partial charge in [0, 0.05) is 0 Å². The summed E-state index contributed by atoms with van der Waals surface area (Å²) in [5.41, 5.74) is 0. The van der Waals surface area contributed by atoms with Gasteiger partial charge in [0.05, 0.1) is 64.1 Å². The minimum atomic E-state index is -4.60. The highest BCUT2D eigenvalue weighted by atomic mass is 31.2. The van der Waals surface area contributed by atoms with E-state index in [1.54, 1.807) is 34.6 Å². The largest absolute Gasteiger partial charge is 0.472 e. The quantitative estimate of drug-likeness (QED) is 0.168. The molecule has 0 aliphatic rings. The van der Waals surface area contributed by atoms with Gasteiger partial charge in [0.1, 0.15) is 12.2 Å². The van der Waals surface area contributed by atoms with E-state index in [1.807, 2.05) is 0 Å². The van der Waals surface area contributed by atoms with Crippen LogP contribution in [-0.4, -0.2) is 96.3 Å².